The van der Waals surface area contributed by atoms with Gasteiger partial charge in [-0.05, 0) is 23.8 Å². The van der Waals surface area contributed by atoms with E-state index in [9.17, 15) is 20.0 Å². The van der Waals surface area contributed by atoms with Gasteiger partial charge in [0.05, 0.1) is 19.1 Å². The molecule has 2 rings (SSSR count). The minimum Gasteiger partial charge on any atom is -0.872 e. The molecule has 0 aliphatic heterocycles. The minimum absolute atomic E-state index is 0.249. The van der Waals surface area contributed by atoms with Crippen LogP contribution < -0.4 is 14.6 Å². The number of rotatable bonds is 6. The Morgan fingerprint density at radius 2 is 1.79 bits per heavy atom. The number of hydrogen-bond acceptors (Lipinski definition) is 6. The van der Waals surface area contributed by atoms with Gasteiger partial charge in [0.25, 0.3) is 5.69 Å². The highest BCUT2D eigenvalue weighted by molar-refractivity contribution is 6.08. The third kappa shape index (κ3) is 3.70. The van der Waals surface area contributed by atoms with Crippen LogP contribution in [0.3, 0.4) is 0 Å². The monoisotopic (exact) mass is 328 g/mol. The summed E-state index contributed by atoms with van der Waals surface area (Å²) in [6, 6.07) is 8.09. The molecule has 0 spiro atoms. The lowest BCUT2D eigenvalue weighted by molar-refractivity contribution is -0.385. The molecule has 0 saturated heterocycles. The van der Waals surface area contributed by atoms with Crippen LogP contribution in [0.15, 0.2) is 42.5 Å². The standard InChI is InChI=1S/C17H15NO6/c1-23-16-8-4-11(9-17(16)24-2)3-6-14(19)13-10-12(18(21)22)5-7-15(13)20/h3-10,20H,1-2H3/p-1/b6-3+. The first kappa shape index (κ1) is 17.0. The van der Waals surface area contributed by atoms with Gasteiger partial charge in [-0.15, -0.1) is 0 Å². The minimum atomic E-state index is -0.658. The number of nitro groups is 1. The van der Waals surface area contributed by atoms with E-state index < -0.39 is 16.5 Å². The highest BCUT2D eigenvalue weighted by Crippen LogP contribution is 2.28. The molecule has 24 heavy (non-hydrogen) atoms. The summed E-state index contributed by atoms with van der Waals surface area (Å²) >= 11 is 0. The number of carbonyl (C=O) groups excluding carboxylic acids is 1. The predicted molar refractivity (Wildman–Crippen MR) is 85.5 cm³/mol. The Kier molecular flexibility index (Phi) is 5.16. The topological polar surface area (TPSA) is 102 Å². The smallest absolute Gasteiger partial charge is 0.270 e. The lowest BCUT2D eigenvalue weighted by Crippen LogP contribution is -2.03. The van der Waals surface area contributed by atoms with E-state index >= 15 is 0 Å². The van der Waals surface area contributed by atoms with Crippen LogP contribution in [0.5, 0.6) is 17.2 Å². The first-order valence-electron chi connectivity index (χ1n) is 6.86. The second-order valence-electron chi connectivity index (χ2n) is 4.75. The van der Waals surface area contributed by atoms with Crippen LogP contribution in [0.25, 0.3) is 6.08 Å². The van der Waals surface area contributed by atoms with Gasteiger partial charge in [-0.25, -0.2) is 0 Å². The Morgan fingerprint density at radius 3 is 2.42 bits per heavy atom. The zero-order valence-electron chi connectivity index (χ0n) is 13.0. The van der Waals surface area contributed by atoms with Crippen LogP contribution in [0.1, 0.15) is 15.9 Å². The van der Waals surface area contributed by atoms with Crippen molar-refractivity contribution in [3.63, 3.8) is 0 Å². The second-order valence-corrected chi connectivity index (χ2v) is 4.75. The Hall–Kier alpha value is -3.35. The number of benzene rings is 2. The summed E-state index contributed by atoms with van der Waals surface area (Å²) in [5.41, 5.74) is 0.0947. The van der Waals surface area contributed by atoms with Crippen molar-refractivity contribution in [2.24, 2.45) is 0 Å². The Balaban J connectivity index is 2.28. The SMILES string of the molecule is COc1ccc(/C=C/C(=O)c2cc([N+](=O)[O-])ccc2[O-])cc1OC. The summed E-state index contributed by atoms with van der Waals surface area (Å²) in [6.45, 7) is 0. The quantitative estimate of drug-likeness (QED) is 0.349. The van der Waals surface area contributed by atoms with Crippen LogP contribution >= 0.6 is 0 Å². The van der Waals surface area contributed by atoms with Crippen LogP contribution in [-0.2, 0) is 0 Å². The van der Waals surface area contributed by atoms with Gasteiger partial charge in [0.1, 0.15) is 0 Å². The average molecular weight is 328 g/mol. The third-order valence-electron chi connectivity index (χ3n) is 3.27. The van der Waals surface area contributed by atoms with E-state index in [4.69, 9.17) is 9.47 Å². The number of nitrogens with zero attached hydrogens (tertiary/aromatic N) is 1. The molecule has 0 amide bonds. The highest BCUT2D eigenvalue weighted by Gasteiger charge is 2.11. The molecule has 0 atom stereocenters. The summed E-state index contributed by atoms with van der Waals surface area (Å²) in [4.78, 5) is 22.2. The maximum atomic E-state index is 12.1. The summed E-state index contributed by atoms with van der Waals surface area (Å²) in [5, 5.41) is 22.5. The van der Waals surface area contributed by atoms with Gasteiger partial charge in [-0.3, -0.25) is 14.9 Å². The largest absolute Gasteiger partial charge is 0.872 e. The van der Waals surface area contributed by atoms with Gasteiger partial charge in [0.2, 0.25) is 0 Å². The summed E-state index contributed by atoms with van der Waals surface area (Å²) in [7, 11) is 3.00. The van der Waals surface area contributed by atoms with Gasteiger partial charge in [-0.2, -0.15) is 0 Å². The number of non-ortho nitro benzene ring substituents is 1. The number of methoxy groups -OCH3 is 2. The van der Waals surface area contributed by atoms with Crippen molar-refractivity contribution in [3.05, 3.63) is 63.7 Å². The molecule has 0 saturated carbocycles. The van der Waals surface area contributed by atoms with Gasteiger partial charge in [0, 0.05) is 17.7 Å². The zero-order chi connectivity index (χ0) is 17.7. The van der Waals surface area contributed by atoms with Crippen molar-refractivity contribution in [1.29, 1.82) is 0 Å². The number of hydrogen-bond donors (Lipinski definition) is 0. The van der Waals surface area contributed by atoms with Gasteiger partial charge >= 0.3 is 0 Å². The Labute approximate surface area is 137 Å². The first-order valence-corrected chi connectivity index (χ1v) is 6.86. The van der Waals surface area contributed by atoms with E-state index in [1.807, 2.05) is 0 Å². The number of allylic oxidation sites excluding steroid dienone is 1. The predicted octanol–water partition coefficient (Wildman–Crippen LogP) is 2.58. The number of nitro benzene ring substituents is 1. The van der Waals surface area contributed by atoms with Crippen molar-refractivity contribution in [2.75, 3.05) is 14.2 Å². The first-order chi connectivity index (χ1) is 11.5. The van der Waals surface area contributed by atoms with Gasteiger partial charge in [0.15, 0.2) is 17.3 Å². The molecule has 0 heterocycles. The van der Waals surface area contributed by atoms with Gasteiger partial charge < -0.3 is 14.6 Å². The van der Waals surface area contributed by atoms with Gasteiger partial charge in [-0.1, -0.05) is 24.0 Å². The average Bonchev–Trinajstić information content (AvgIpc) is 2.59. The molecule has 0 fully saturated rings. The highest BCUT2D eigenvalue weighted by atomic mass is 16.6. The maximum absolute atomic E-state index is 12.1. The molecule has 0 radical (unpaired) electrons. The van der Waals surface area contributed by atoms with Crippen LogP contribution in [0.2, 0.25) is 0 Å². The van der Waals surface area contributed by atoms with Crippen molar-refractivity contribution < 1.29 is 24.3 Å². The molecule has 2 aromatic carbocycles. The van der Waals surface area contributed by atoms with Crippen LogP contribution in [0.4, 0.5) is 5.69 Å². The molecule has 0 aromatic heterocycles. The Bertz CT molecular complexity index is 813. The molecule has 2 aromatic rings. The number of ketones is 1. The molecule has 0 aliphatic carbocycles. The molecule has 0 aliphatic rings. The fourth-order valence-corrected chi connectivity index (χ4v) is 2.04. The van der Waals surface area contributed by atoms with E-state index in [0.717, 1.165) is 18.2 Å². The molecule has 0 bridgehead atoms. The lowest BCUT2D eigenvalue weighted by atomic mass is 10.1. The van der Waals surface area contributed by atoms with Crippen molar-refractivity contribution in [3.8, 4) is 17.2 Å². The van der Waals surface area contributed by atoms with E-state index in [1.165, 1.54) is 26.4 Å². The molecule has 124 valence electrons. The summed E-state index contributed by atoms with van der Waals surface area (Å²) < 4.78 is 10.3. The van der Waals surface area contributed by atoms with Crippen LogP contribution in [0, 0.1) is 10.1 Å². The molecule has 7 heteroatoms. The summed E-state index contributed by atoms with van der Waals surface area (Å²) in [6.07, 6.45) is 2.67. The second kappa shape index (κ2) is 7.28. The molecule has 0 N–H and O–H groups in total. The van der Waals surface area contributed by atoms with E-state index in [1.54, 1.807) is 18.2 Å². The van der Waals surface area contributed by atoms with Crippen molar-refractivity contribution >= 4 is 17.5 Å². The fourth-order valence-electron chi connectivity index (χ4n) is 2.04. The normalized spacial score (nSPS) is 10.6. The third-order valence-corrected chi connectivity index (χ3v) is 3.27. The van der Waals surface area contributed by atoms with Crippen LogP contribution in [-0.4, -0.2) is 24.9 Å². The van der Waals surface area contributed by atoms with E-state index in [0.29, 0.717) is 17.1 Å². The molecule has 7 nitrogen and oxygen atoms in total. The van der Waals surface area contributed by atoms with E-state index in [2.05, 4.69) is 0 Å². The molecule has 0 unspecified atom stereocenters. The molecular formula is C17H14NO6-. The van der Waals surface area contributed by atoms with Crippen molar-refractivity contribution in [2.45, 2.75) is 0 Å². The lowest BCUT2D eigenvalue weighted by Gasteiger charge is -2.10. The van der Waals surface area contributed by atoms with E-state index in [-0.39, 0.29) is 11.3 Å². The Morgan fingerprint density at radius 1 is 1.08 bits per heavy atom. The van der Waals surface area contributed by atoms with Crippen molar-refractivity contribution in [1.82, 2.24) is 0 Å². The fraction of sp³-hybridized carbons (Fsp3) is 0.118. The zero-order valence-corrected chi connectivity index (χ0v) is 13.0. The molecular weight excluding hydrogens is 314 g/mol. The maximum Gasteiger partial charge on any atom is 0.270 e. The number of ether oxygens (including phenoxy) is 2. The number of carbonyl (C=O) groups is 1. The summed E-state index contributed by atoms with van der Waals surface area (Å²) in [5.74, 6) is -0.144.